The highest BCUT2D eigenvalue weighted by atomic mass is 31.2. The van der Waals surface area contributed by atoms with Gasteiger partial charge in [0.1, 0.15) is 13.2 Å². The van der Waals surface area contributed by atoms with Crippen molar-refractivity contribution in [3.05, 3.63) is 36.5 Å². The minimum absolute atomic E-state index is 0.00554. The van der Waals surface area contributed by atoms with Crippen LogP contribution in [0.2, 0.25) is 0 Å². The number of phosphoric acid groups is 1. The van der Waals surface area contributed by atoms with Crippen molar-refractivity contribution in [2.45, 2.75) is 187 Å². The Hall–Kier alpha value is -1.28. The van der Waals surface area contributed by atoms with Crippen LogP contribution in [0.25, 0.3) is 0 Å². The molecule has 0 saturated heterocycles. The molecule has 0 fully saturated rings. The fourth-order valence-electron chi connectivity index (χ4n) is 5.82. The van der Waals surface area contributed by atoms with Crippen LogP contribution < -0.4 is 10.2 Å². The number of aliphatic hydroxyl groups excluding tert-OH is 1. The molecule has 300 valence electrons. The normalized spacial score (nSPS) is 14.9. The third kappa shape index (κ3) is 36.9. The van der Waals surface area contributed by atoms with Crippen molar-refractivity contribution >= 4 is 13.7 Å². The van der Waals surface area contributed by atoms with Gasteiger partial charge in [0.2, 0.25) is 5.91 Å². The summed E-state index contributed by atoms with van der Waals surface area (Å²) in [4.78, 5) is 25.2. The van der Waals surface area contributed by atoms with E-state index in [1.54, 1.807) is 0 Å². The fourth-order valence-corrected chi connectivity index (χ4v) is 6.54. The Kier molecular flexibility index (Phi) is 33.6. The van der Waals surface area contributed by atoms with Crippen LogP contribution in [0.4, 0.5) is 0 Å². The van der Waals surface area contributed by atoms with Crippen molar-refractivity contribution in [2.24, 2.45) is 0 Å². The molecule has 3 atom stereocenters. The molecular weight excluding hydrogens is 659 g/mol. The van der Waals surface area contributed by atoms with Crippen LogP contribution in [0.15, 0.2) is 36.5 Å². The molecule has 0 aromatic rings. The van der Waals surface area contributed by atoms with Crippen molar-refractivity contribution < 1.29 is 32.9 Å². The Labute approximate surface area is 315 Å². The molecule has 0 aromatic heterocycles. The highest BCUT2D eigenvalue weighted by molar-refractivity contribution is 7.45. The molecule has 0 aliphatic rings. The summed E-state index contributed by atoms with van der Waals surface area (Å²) in [5, 5.41) is 13.9. The molecule has 9 heteroatoms. The topological polar surface area (TPSA) is 108 Å². The first-order valence-corrected chi connectivity index (χ1v) is 22.3. The van der Waals surface area contributed by atoms with E-state index in [1.165, 1.54) is 83.5 Å². The number of hydrogen-bond acceptors (Lipinski definition) is 6. The molecule has 1 amide bonds. The SMILES string of the molecule is CC/C=C\C/C=C\C/C=C\CCCCCC(=O)NC(COP(=O)([O-])OCC[N+](C)(C)C)C(O)CCCCCCCCCCCCCCCCCC. The van der Waals surface area contributed by atoms with Crippen molar-refractivity contribution in [3.63, 3.8) is 0 Å². The monoisotopic (exact) mass is 741 g/mol. The first-order chi connectivity index (χ1) is 24.5. The van der Waals surface area contributed by atoms with E-state index in [0.717, 1.165) is 64.2 Å². The van der Waals surface area contributed by atoms with Crippen LogP contribution in [0.5, 0.6) is 0 Å². The van der Waals surface area contributed by atoms with Crippen molar-refractivity contribution in [1.82, 2.24) is 5.32 Å². The second-order valence-electron chi connectivity index (χ2n) is 15.3. The van der Waals surface area contributed by atoms with Gasteiger partial charge in [-0.2, -0.15) is 0 Å². The lowest BCUT2D eigenvalue weighted by molar-refractivity contribution is -0.870. The highest BCUT2D eigenvalue weighted by Gasteiger charge is 2.24. The Morgan fingerprint density at radius 2 is 1.20 bits per heavy atom. The summed E-state index contributed by atoms with van der Waals surface area (Å²) in [7, 11) is 1.28. The summed E-state index contributed by atoms with van der Waals surface area (Å²) in [6, 6.07) is -0.813. The van der Waals surface area contributed by atoms with Gasteiger partial charge in [-0.05, 0) is 44.9 Å². The number of amides is 1. The molecule has 0 aromatic carbocycles. The number of hydrogen-bond donors (Lipinski definition) is 2. The smallest absolute Gasteiger partial charge is 0.268 e. The molecule has 0 bridgehead atoms. The van der Waals surface area contributed by atoms with Gasteiger partial charge in [0.05, 0.1) is 39.9 Å². The Bertz CT molecular complexity index is 933. The number of nitrogens with zero attached hydrogens (tertiary/aromatic N) is 1. The molecule has 51 heavy (non-hydrogen) atoms. The molecule has 0 radical (unpaired) electrons. The van der Waals surface area contributed by atoms with Crippen LogP contribution in [-0.4, -0.2) is 68.5 Å². The number of rotatable bonds is 37. The molecule has 0 rings (SSSR count). The van der Waals surface area contributed by atoms with Crippen molar-refractivity contribution in [3.8, 4) is 0 Å². The zero-order chi connectivity index (χ0) is 37.9. The van der Waals surface area contributed by atoms with E-state index in [9.17, 15) is 19.4 Å². The number of likely N-dealkylation sites (N-methyl/N-ethyl adjacent to an activating group) is 1. The lowest BCUT2D eigenvalue weighted by atomic mass is 10.0. The number of quaternary nitrogens is 1. The van der Waals surface area contributed by atoms with E-state index in [1.807, 2.05) is 21.1 Å². The van der Waals surface area contributed by atoms with Crippen molar-refractivity contribution in [2.75, 3.05) is 40.9 Å². The fraction of sp³-hybridized carbons (Fsp3) is 0.833. The predicted octanol–water partition coefficient (Wildman–Crippen LogP) is 10.5. The molecule has 0 aliphatic carbocycles. The second-order valence-corrected chi connectivity index (χ2v) is 16.7. The number of allylic oxidation sites excluding steroid dienone is 6. The lowest BCUT2D eigenvalue weighted by Crippen LogP contribution is -2.46. The zero-order valence-corrected chi connectivity index (χ0v) is 34.7. The number of nitrogens with one attached hydrogen (secondary N) is 1. The summed E-state index contributed by atoms with van der Waals surface area (Å²) in [5.41, 5.74) is 0. The average Bonchev–Trinajstić information content (AvgIpc) is 3.07. The second kappa shape index (κ2) is 34.5. The van der Waals surface area contributed by atoms with E-state index >= 15 is 0 Å². The molecule has 3 unspecified atom stereocenters. The molecule has 0 saturated carbocycles. The molecule has 2 N–H and O–H groups in total. The number of phosphoric ester groups is 1. The Morgan fingerprint density at radius 3 is 1.73 bits per heavy atom. The van der Waals surface area contributed by atoms with Gasteiger partial charge in [-0.15, -0.1) is 0 Å². The van der Waals surface area contributed by atoms with Crippen LogP contribution in [0.1, 0.15) is 174 Å². The molecule has 0 aliphatic heterocycles. The standard InChI is InChI=1S/C42H81N2O6P/c1-6-8-10-12-14-16-18-20-21-22-24-25-27-29-31-33-35-41(45)40(39-50-51(47,48)49-38-37-44(3,4)5)43-42(46)36-34-32-30-28-26-23-19-17-15-13-11-9-7-2/h9,11,15,17,23,26,40-41,45H,6-8,10,12-14,16,18-22,24-25,27-39H2,1-5H3,(H-,43,46,47,48)/b11-9-,17-15-,26-23-. The van der Waals surface area contributed by atoms with Gasteiger partial charge in [0, 0.05) is 6.42 Å². The van der Waals surface area contributed by atoms with Gasteiger partial charge >= 0.3 is 0 Å². The number of unbranched alkanes of at least 4 members (excludes halogenated alkanes) is 18. The molecule has 0 heterocycles. The van der Waals surface area contributed by atoms with E-state index in [-0.39, 0.29) is 19.1 Å². The van der Waals surface area contributed by atoms with Crippen LogP contribution in [-0.2, 0) is 18.4 Å². The predicted molar refractivity (Wildman–Crippen MR) is 215 cm³/mol. The summed E-state index contributed by atoms with van der Waals surface area (Å²) in [6.07, 6.45) is 40.0. The van der Waals surface area contributed by atoms with Crippen molar-refractivity contribution in [1.29, 1.82) is 0 Å². The van der Waals surface area contributed by atoms with Gasteiger partial charge in [-0.1, -0.05) is 159 Å². The van der Waals surface area contributed by atoms with E-state index in [2.05, 4.69) is 55.6 Å². The third-order valence-electron chi connectivity index (χ3n) is 9.14. The van der Waals surface area contributed by atoms with E-state index in [0.29, 0.717) is 23.9 Å². The molecular formula is C42H81N2O6P. The minimum atomic E-state index is -4.57. The summed E-state index contributed by atoms with van der Waals surface area (Å²) in [6.45, 7) is 4.57. The van der Waals surface area contributed by atoms with Gasteiger partial charge in [-0.3, -0.25) is 9.36 Å². The van der Waals surface area contributed by atoms with Gasteiger partial charge in [0.15, 0.2) is 0 Å². The zero-order valence-electron chi connectivity index (χ0n) is 33.8. The Balaban J connectivity index is 4.45. The third-order valence-corrected chi connectivity index (χ3v) is 10.1. The molecule has 0 spiro atoms. The lowest BCUT2D eigenvalue weighted by Gasteiger charge is -2.30. The largest absolute Gasteiger partial charge is 0.756 e. The number of carbonyl (C=O) groups excluding carboxylic acids is 1. The van der Waals surface area contributed by atoms with E-state index in [4.69, 9.17) is 9.05 Å². The van der Waals surface area contributed by atoms with Gasteiger partial charge in [0.25, 0.3) is 7.82 Å². The Morgan fingerprint density at radius 1 is 0.706 bits per heavy atom. The maximum atomic E-state index is 12.8. The highest BCUT2D eigenvalue weighted by Crippen LogP contribution is 2.38. The van der Waals surface area contributed by atoms with Gasteiger partial charge in [-0.25, -0.2) is 0 Å². The van der Waals surface area contributed by atoms with Gasteiger partial charge < -0.3 is 28.8 Å². The molecule has 8 nitrogen and oxygen atoms in total. The van der Waals surface area contributed by atoms with Crippen LogP contribution in [0, 0.1) is 0 Å². The first-order valence-electron chi connectivity index (χ1n) is 20.8. The quantitative estimate of drug-likeness (QED) is 0.0284. The summed E-state index contributed by atoms with van der Waals surface area (Å²) < 4.78 is 23.2. The number of carbonyl (C=O) groups is 1. The van der Waals surface area contributed by atoms with E-state index < -0.39 is 20.0 Å². The maximum absolute atomic E-state index is 12.8. The maximum Gasteiger partial charge on any atom is 0.268 e. The number of aliphatic hydroxyl groups is 1. The summed E-state index contributed by atoms with van der Waals surface area (Å²) >= 11 is 0. The van der Waals surface area contributed by atoms with Crippen LogP contribution >= 0.6 is 7.82 Å². The summed E-state index contributed by atoms with van der Waals surface area (Å²) in [5.74, 6) is -0.195. The van der Waals surface area contributed by atoms with Crippen LogP contribution in [0.3, 0.4) is 0 Å². The first kappa shape index (κ1) is 49.7. The average molecular weight is 741 g/mol. The minimum Gasteiger partial charge on any atom is -0.756 e.